The van der Waals surface area contributed by atoms with E-state index in [1.807, 2.05) is 6.07 Å². The molecule has 2 aromatic carbocycles. The number of nitriles is 2. The zero-order valence-corrected chi connectivity index (χ0v) is 12.5. The smallest absolute Gasteiger partial charge is 0.308 e. The van der Waals surface area contributed by atoms with Crippen LogP contribution in [-0.4, -0.2) is 11.0 Å². The molecule has 0 aliphatic rings. The van der Waals surface area contributed by atoms with Crippen molar-refractivity contribution in [1.82, 2.24) is 4.98 Å². The maximum absolute atomic E-state index is 12.0. The number of aromatic nitrogens is 1. The van der Waals surface area contributed by atoms with Crippen LogP contribution in [0, 0.1) is 22.7 Å². The minimum atomic E-state index is -0.445. The van der Waals surface area contributed by atoms with E-state index in [1.165, 1.54) is 11.3 Å². The lowest BCUT2D eigenvalue weighted by Gasteiger charge is -2.05. The Morgan fingerprint density at radius 2 is 1.83 bits per heavy atom. The molecule has 7 heteroatoms. The number of nitrogens with one attached hydrogen (secondary N) is 2. The van der Waals surface area contributed by atoms with Gasteiger partial charge in [0.1, 0.15) is 0 Å². The van der Waals surface area contributed by atoms with Gasteiger partial charge in [0.15, 0.2) is 5.13 Å². The molecule has 2 amide bonds. The Kier molecular flexibility index (Phi) is 3.88. The minimum Gasteiger partial charge on any atom is -0.308 e. The number of hydrogen-bond donors (Lipinski definition) is 2. The molecule has 6 nitrogen and oxygen atoms in total. The van der Waals surface area contributed by atoms with Gasteiger partial charge in [0.2, 0.25) is 0 Å². The van der Waals surface area contributed by atoms with E-state index < -0.39 is 6.03 Å². The van der Waals surface area contributed by atoms with Crippen LogP contribution in [0.3, 0.4) is 0 Å². The van der Waals surface area contributed by atoms with Crippen LogP contribution in [0.1, 0.15) is 11.1 Å². The molecule has 0 bridgehead atoms. The van der Waals surface area contributed by atoms with Gasteiger partial charge < -0.3 is 5.32 Å². The molecule has 3 aromatic rings. The molecule has 0 unspecified atom stereocenters. The quantitative estimate of drug-likeness (QED) is 0.752. The van der Waals surface area contributed by atoms with E-state index in [4.69, 9.17) is 10.5 Å². The van der Waals surface area contributed by atoms with E-state index in [9.17, 15) is 4.79 Å². The van der Waals surface area contributed by atoms with Gasteiger partial charge in [-0.2, -0.15) is 10.5 Å². The van der Waals surface area contributed by atoms with Crippen LogP contribution in [0.15, 0.2) is 42.5 Å². The Morgan fingerprint density at radius 3 is 2.61 bits per heavy atom. The number of carbonyl (C=O) groups excluding carboxylic acids is 1. The summed E-state index contributed by atoms with van der Waals surface area (Å²) in [6.07, 6.45) is 0. The summed E-state index contributed by atoms with van der Waals surface area (Å²) in [6, 6.07) is 15.4. The molecule has 0 aliphatic heterocycles. The minimum absolute atomic E-state index is 0.434. The van der Waals surface area contributed by atoms with Gasteiger partial charge >= 0.3 is 6.03 Å². The Labute approximate surface area is 135 Å². The molecule has 0 spiro atoms. The predicted octanol–water partition coefficient (Wildman–Crippen LogP) is 3.68. The number of benzene rings is 2. The molecule has 0 radical (unpaired) electrons. The zero-order valence-electron chi connectivity index (χ0n) is 11.7. The van der Waals surface area contributed by atoms with Crippen LogP contribution in [0.2, 0.25) is 0 Å². The zero-order chi connectivity index (χ0) is 16.2. The number of anilines is 2. The van der Waals surface area contributed by atoms with E-state index in [-0.39, 0.29) is 0 Å². The Bertz CT molecular complexity index is 980. The summed E-state index contributed by atoms with van der Waals surface area (Å²) in [7, 11) is 0. The topological polar surface area (TPSA) is 102 Å². The van der Waals surface area contributed by atoms with E-state index in [0.717, 1.165) is 10.2 Å². The summed E-state index contributed by atoms with van der Waals surface area (Å²) in [4.78, 5) is 16.3. The molecule has 0 aliphatic carbocycles. The molecule has 1 aromatic heterocycles. The second-order valence-electron chi connectivity index (χ2n) is 4.59. The van der Waals surface area contributed by atoms with Crippen LogP contribution in [0.25, 0.3) is 10.2 Å². The SMILES string of the molecule is N#Cc1cccc(NC(=O)Nc2nc3ccc(C#N)cc3s2)c1. The molecule has 23 heavy (non-hydrogen) atoms. The first-order chi connectivity index (χ1) is 11.2. The van der Waals surface area contributed by atoms with Crippen molar-refractivity contribution in [2.45, 2.75) is 0 Å². The number of nitrogens with zero attached hydrogens (tertiary/aromatic N) is 3. The second kappa shape index (κ2) is 6.14. The first-order valence-electron chi connectivity index (χ1n) is 6.57. The third kappa shape index (κ3) is 3.26. The van der Waals surface area contributed by atoms with Crippen LogP contribution in [0.4, 0.5) is 15.6 Å². The summed E-state index contributed by atoms with van der Waals surface area (Å²) in [5.74, 6) is 0. The first kappa shape index (κ1) is 14.5. The largest absolute Gasteiger partial charge is 0.325 e. The summed E-state index contributed by atoms with van der Waals surface area (Å²) < 4.78 is 0.825. The van der Waals surface area contributed by atoms with E-state index >= 15 is 0 Å². The average molecular weight is 319 g/mol. The normalized spacial score (nSPS) is 9.83. The Balaban J connectivity index is 1.75. The summed E-state index contributed by atoms with van der Waals surface area (Å²) in [5.41, 5.74) is 2.25. The molecule has 1 heterocycles. The van der Waals surface area contributed by atoms with Crippen molar-refractivity contribution in [2.24, 2.45) is 0 Å². The van der Waals surface area contributed by atoms with Gasteiger partial charge in [-0.25, -0.2) is 9.78 Å². The number of urea groups is 1. The van der Waals surface area contributed by atoms with E-state index in [0.29, 0.717) is 21.9 Å². The molecular weight excluding hydrogens is 310 g/mol. The van der Waals surface area contributed by atoms with Gasteiger partial charge in [0, 0.05) is 5.69 Å². The summed E-state index contributed by atoms with van der Waals surface area (Å²) in [5, 5.41) is 23.5. The van der Waals surface area contributed by atoms with Gasteiger partial charge in [-0.3, -0.25) is 5.32 Å². The molecule has 3 rings (SSSR count). The van der Waals surface area contributed by atoms with Crippen LogP contribution >= 0.6 is 11.3 Å². The average Bonchev–Trinajstić information content (AvgIpc) is 2.95. The number of carbonyl (C=O) groups is 1. The maximum atomic E-state index is 12.0. The lowest BCUT2D eigenvalue weighted by molar-refractivity contribution is 0.262. The summed E-state index contributed by atoms with van der Waals surface area (Å²) in [6.45, 7) is 0. The lowest BCUT2D eigenvalue weighted by Crippen LogP contribution is -2.19. The van der Waals surface area contributed by atoms with Gasteiger partial charge in [0.25, 0.3) is 0 Å². The second-order valence-corrected chi connectivity index (χ2v) is 5.62. The standard InChI is InChI=1S/C16H9N5OS/c17-8-10-2-1-3-12(6-10)19-15(22)21-16-20-13-5-4-11(9-18)7-14(13)23-16/h1-7H,(H2,19,20,21,22). The third-order valence-electron chi connectivity index (χ3n) is 2.99. The maximum Gasteiger partial charge on any atom is 0.325 e. The highest BCUT2D eigenvalue weighted by Crippen LogP contribution is 2.26. The monoisotopic (exact) mass is 319 g/mol. The highest BCUT2D eigenvalue weighted by molar-refractivity contribution is 7.22. The van der Waals surface area contributed by atoms with Crippen LogP contribution in [-0.2, 0) is 0 Å². The van der Waals surface area contributed by atoms with Crippen molar-refractivity contribution in [3.05, 3.63) is 53.6 Å². The number of hydrogen-bond acceptors (Lipinski definition) is 5. The van der Waals surface area contributed by atoms with Gasteiger partial charge in [0.05, 0.1) is 33.5 Å². The molecular formula is C16H9N5OS. The molecule has 0 atom stereocenters. The fraction of sp³-hybridized carbons (Fsp3) is 0. The van der Waals surface area contributed by atoms with Crippen molar-refractivity contribution in [1.29, 1.82) is 10.5 Å². The molecule has 2 N–H and O–H groups in total. The molecule has 0 saturated heterocycles. The van der Waals surface area contributed by atoms with Crippen LogP contribution in [0.5, 0.6) is 0 Å². The van der Waals surface area contributed by atoms with Crippen molar-refractivity contribution >= 4 is 38.4 Å². The number of thiazole rings is 1. The van der Waals surface area contributed by atoms with E-state index in [1.54, 1.807) is 42.5 Å². The van der Waals surface area contributed by atoms with Crippen LogP contribution < -0.4 is 10.6 Å². The summed E-state index contributed by atoms with van der Waals surface area (Å²) >= 11 is 1.29. The van der Waals surface area contributed by atoms with E-state index in [2.05, 4.69) is 21.7 Å². The lowest BCUT2D eigenvalue weighted by atomic mass is 10.2. The third-order valence-corrected chi connectivity index (χ3v) is 3.92. The fourth-order valence-corrected chi connectivity index (χ4v) is 2.87. The molecule has 0 saturated carbocycles. The Morgan fingerprint density at radius 1 is 1.04 bits per heavy atom. The fourth-order valence-electron chi connectivity index (χ4n) is 1.97. The number of amides is 2. The van der Waals surface area contributed by atoms with Gasteiger partial charge in [-0.1, -0.05) is 17.4 Å². The Hall–Kier alpha value is -3.42. The highest BCUT2D eigenvalue weighted by atomic mass is 32.1. The van der Waals surface area contributed by atoms with Crippen molar-refractivity contribution in [3.8, 4) is 12.1 Å². The van der Waals surface area contributed by atoms with Crippen molar-refractivity contribution in [2.75, 3.05) is 10.6 Å². The molecule has 110 valence electrons. The highest BCUT2D eigenvalue weighted by Gasteiger charge is 2.09. The van der Waals surface area contributed by atoms with Crippen molar-refractivity contribution in [3.63, 3.8) is 0 Å². The first-order valence-corrected chi connectivity index (χ1v) is 7.38. The van der Waals surface area contributed by atoms with Crippen molar-refractivity contribution < 1.29 is 4.79 Å². The number of rotatable bonds is 2. The number of fused-ring (bicyclic) bond motifs is 1. The predicted molar refractivity (Wildman–Crippen MR) is 88.1 cm³/mol. The van der Waals surface area contributed by atoms with Gasteiger partial charge in [-0.05, 0) is 36.4 Å². The van der Waals surface area contributed by atoms with Gasteiger partial charge in [-0.15, -0.1) is 0 Å². The molecule has 0 fully saturated rings.